The van der Waals surface area contributed by atoms with E-state index in [9.17, 15) is 9.90 Å². The molecule has 20 heavy (non-hydrogen) atoms. The minimum Gasteiger partial charge on any atom is -0.465 e. The SMILES string of the molecule is O=C(O)N1CCN(c2cccc(Br)c2)c2ccccc21. The van der Waals surface area contributed by atoms with E-state index in [1.165, 1.54) is 4.90 Å². The van der Waals surface area contributed by atoms with E-state index >= 15 is 0 Å². The van der Waals surface area contributed by atoms with E-state index in [0.29, 0.717) is 13.1 Å². The Balaban J connectivity index is 2.07. The number of hydrogen-bond acceptors (Lipinski definition) is 2. The van der Waals surface area contributed by atoms with Gasteiger partial charge in [-0.1, -0.05) is 34.1 Å². The second-order valence-corrected chi connectivity index (χ2v) is 5.47. The summed E-state index contributed by atoms with van der Waals surface area (Å²) in [5, 5.41) is 9.29. The average molecular weight is 333 g/mol. The van der Waals surface area contributed by atoms with Gasteiger partial charge in [0.2, 0.25) is 0 Å². The van der Waals surface area contributed by atoms with Crippen LogP contribution in [-0.4, -0.2) is 24.3 Å². The van der Waals surface area contributed by atoms with Gasteiger partial charge in [0.05, 0.1) is 11.4 Å². The van der Waals surface area contributed by atoms with Crippen molar-refractivity contribution in [2.45, 2.75) is 0 Å². The zero-order valence-corrected chi connectivity index (χ0v) is 12.2. The molecule has 0 aliphatic carbocycles. The maximum Gasteiger partial charge on any atom is 0.411 e. The maximum absolute atomic E-state index is 11.3. The second-order valence-electron chi connectivity index (χ2n) is 4.55. The van der Waals surface area contributed by atoms with Gasteiger partial charge in [0, 0.05) is 23.2 Å². The number of anilines is 3. The fourth-order valence-corrected chi connectivity index (χ4v) is 2.86. The van der Waals surface area contributed by atoms with Crippen molar-refractivity contribution in [2.24, 2.45) is 0 Å². The summed E-state index contributed by atoms with van der Waals surface area (Å²) in [6, 6.07) is 15.6. The van der Waals surface area contributed by atoms with Gasteiger partial charge in [0.1, 0.15) is 0 Å². The topological polar surface area (TPSA) is 43.8 Å². The third kappa shape index (κ3) is 2.25. The van der Waals surface area contributed by atoms with Crippen LogP contribution in [0.5, 0.6) is 0 Å². The van der Waals surface area contributed by atoms with Gasteiger partial charge in [0.25, 0.3) is 0 Å². The number of amides is 1. The van der Waals surface area contributed by atoms with Crippen molar-refractivity contribution in [3.63, 3.8) is 0 Å². The van der Waals surface area contributed by atoms with Crippen LogP contribution in [0.25, 0.3) is 0 Å². The zero-order valence-electron chi connectivity index (χ0n) is 10.7. The largest absolute Gasteiger partial charge is 0.465 e. The molecule has 0 aromatic heterocycles. The molecule has 1 aliphatic rings. The molecule has 0 radical (unpaired) electrons. The molecule has 4 nitrogen and oxygen atoms in total. The van der Waals surface area contributed by atoms with Crippen LogP contribution in [0, 0.1) is 0 Å². The summed E-state index contributed by atoms with van der Waals surface area (Å²) >= 11 is 3.47. The summed E-state index contributed by atoms with van der Waals surface area (Å²) in [6.45, 7) is 1.10. The van der Waals surface area contributed by atoms with Crippen LogP contribution >= 0.6 is 15.9 Å². The first-order valence-electron chi connectivity index (χ1n) is 6.29. The minimum atomic E-state index is -0.911. The summed E-state index contributed by atoms with van der Waals surface area (Å²) < 4.78 is 1.01. The summed E-state index contributed by atoms with van der Waals surface area (Å²) in [5.41, 5.74) is 2.70. The highest BCUT2D eigenvalue weighted by molar-refractivity contribution is 9.10. The Morgan fingerprint density at radius 3 is 2.50 bits per heavy atom. The van der Waals surface area contributed by atoms with Gasteiger partial charge in [-0.05, 0) is 30.3 Å². The van der Waals surface area contributed by atoms with E-state index in [1.54, 1.807) is 0 Å². The van der Waals surface area contributed by atoms with E-state index in [4.69, 9.17) is 0 Å². The van der Waals surface area contributed by atoms with E-state index in [1.807, 2.05) is 48.5 Å². The van der Waals surface area contributed by atoms with Gasteiger partial charge >= 0.3 is 6.09 Å². The number of nitrogens with zero attached hydrogens (tertiary/aromatic N) is 2. The van der Waals surface area contributed by atoms with Crippen LogP contribution < -0.4 is 9.80 Å². The molecule has 5 heteroatoms. The molecule has 2 aromatic rings. The van der Waals surface area contributed by atoms with Crippen LogP contribution in [0.2, 0.25) is 0 Å². The van der Waals surface area contributed by atoms with Crippen molar-refractivity contribution >= 4 is 39.1 Å². The quantitative estimate of drug-likeness (QED) is 0.855. The van der Waals surface area contributed by atoms with Crippen LogP contribution in [0.15, 0.2) is 53.0 Å². The Labute approximate surface area is 125 Å². The van der Waals surface area contributed by atoms with Crippen molar-refractivity contribution in [3.8, 4) is 0 Å². The van der Waals surface area contributed by atoms with Crippen LogP contribution in [-0.2, 0) is 0 Å². The van der Waals surface area contributed by atoms with Gasteiger partial charge < -0.3 is 10.0 Å². The molecule has 1 heterocycles. The molecule has 0 saturated carbocycles. The van der Waals surface area contributed by atoms with Crippen molar-refractivity contribution < 1.29 is 9.90 Å². The Bertz CT molecular complexity index is 660. The molecule has 1 N–H and O–H groups in total. The highest BCUT2D eigenvalue weighted by Crippen LogP contribution is 2.38. The van der Waals surface area contributed by atoms with Gasteiger partial charge in [-0.2, -0.15) is 0 Å². The average Bonchev–Trinajstić information content (AvgIpc) is 2.46. The normalized spacial score (nSPS) is 14.1. The minimum absolute atomic E-state index is 0.457. The molecule has 0 atom stereocenters. The lowest BCUT2D eigenvalue weighted by atomic mass is 10.1. The molecule has 1 aliphatic heterocycles. The standard InChI is InChI=1S/C15H13BrN2O2/c16-11-4-3-5-12(10-11)17-8-9-18(15(19)20)14-7-2-1-6-13(14)17/h1-7,10H,8-9H2,(H,19,20). The summed E-state index contributed by atoms with van der Waals surface area (Å²) in [6.07, 6.45) is -0.911. The predicted octanol–water partition coefficient (Wildman–Crippen LogP) is 4.09. The third-order valence-corrected chi connectivity index (χ3v) is 3.85. The molecular formula is C15H13BrN2O2. The Morgan fingerprint density at radius 2 is 1.80 bits per heavy atom. The smallest absolute Gasteiger partial charge is 0.411 e. The monoisotopic (exact) mass is 332 g/mol. The van der Waals surface area contributed by atoms with Gasteiger partial charge in [-0.15, -0.1) is 0 Å². The summed E-state index contributed by atoms with van der Waals surface area (Å²) in [5.74, 6) is 0. The van der Waals surface area contributed by atoms with Crippen molar-refractivity contribution in [1.29, 1.82) is 0 Å². The van der Waals surface area contributed by atoms with Crippen molar-refractivity contribution in [3.05, 3.63) is 53.0 Å². The van der Waals surface area contributed by atoms with Crippen molar-refractivity contribution in [1.82, 2.24) is 0 Å². The van der Waals surface area contributed by atoms with E-state index in [0.717, 1.165) is 21.5 Å². The first-order valence-corrected chi connectivity index (χ1v) is 7.09. The number of para-hydroxylation sites is 2. The molecule has 0 unspecified atom stereocenters. The zero-order chi connectivity index (χ0) is 14.1. The summed E-state index contributed by atoms with van der Waals surface area (Å²) in [4.78, 5) is 14.8. The number of benzene rings is 2. The number of halogens is 1. The second kappa shape index (κ2) is 5.17. The van der Waals surface area contributed by atoms with Gasteiger partial charge in [-0.25, -0.2) is 4.79 Å². The predicted molar refractivity (Wildman–Crippen MR) is 83.0 cm³/mol. The number of rotatable bonds is 1. The van der Waals surface area contributed by atoms with E-state index in [-0.39, 0.29) is 0 Å². The Hall–Kier alpha value is -2.01. The Kier molecular flexibility index (Phi) is 3.36. The van der Waals surface area contributed by atoms with Crippen LogP contribution in [0.1, 0.15) is 0 Å². The molecule has 1 amide bonds. The highest BCUT2D eigenvalue weighted by atomic mass is 79.9. The van der Waals surface area contributed by atoms with Crippen LogP contribution in [0.3, 0.4) is 0 Å². The number of hydrogen-bond donors (Lipinski definition) is 1. The van der Waals surface area contributed by atoms with E-state index < -0.39 is 6.09 Å². The number of carboxylic acid groups (broad SMARTS) is 1. The van der Waals surface area contributed by atoms with Crippen LogP contribution in [0.4, 0.5) is 21.9 Å². The Morgan fingerprint density at radius 1 is 1.05 bits per heavy atom. The first-order chi connectivity index (χ1) is 9.66. The highest BCUT2D eigenvalue weighted by Gasteiger charge is 2.26. The lowest BCUT2D eigenvalue weighted by Crippen LogP contribution is -2.41. The third-order valence-electron chi connectivity index (χ3n) is 3.36. The fraction of sp³-hybridized carbons (Fsp3) is 0.133. The van der Waals surface area contributed by atoms with Crippen molar-refractivity contribution in [2.75, 3.05) is 22.9 Å². The fourth-order valence-electron chi connectivity index (χ4n) is 2.47. The maximum atomic E-state index is 11.3. The van der Waals surface area contributed by atoms with Gasteiger partial charge in [0.15, 0.2) is 0 Å². The lowest BCUT2D eigenvalue weighted by molar-refractivity contribution is 0.201. The number of fused-ring (bicyclic) bond motifs is 1. The molecule has 0 bridgehead atoms. The summed E-state index contributed by atoms with van der Waals surface area (Å²) in [7, 11) is 0. The molecule has 0 saturated heterocycles. The molecular weight excluding hydrogens is 320 g/mol. The molecule has 0 spiro atoms. The molecule has 0 fully saturated rings. The molecule has 2 aromatic carbocycles. The molecule has 3 rings (SSSR count). The first kappa shape index (κ1) is 13.0. The number of carbonyl (C=O) groups is 1. The van der Waals surface area contributed by atoms with E-state index in [2.05, 4.69) is 20.8 Å². The van der Waals surface area contributed by atoms with Gasteiger partial charge in [-0.3, -0.25) is 4.90 Å². The molecule has 102 valence electrons. The lowest BCUT2D eigenvalue weighted by Gasteiger charge is -2.36.